The van der Waals surface area contributed by atoms with Crippen molar-refractivity contribution in [2.75, 3.05) is 0 Å². The van der Waals surface area contributed by atoms with E-state index in [1.54, 1.807) is 0 Å². The van der Waals surface area contributed by atoms with Crippen molar-refractivity contribution >= 4 is 15.4 Å². The standard InChI is InChI=1S/C23H21.C8H8.C7H9.2ClH.Zr/c1-22(2)7-5-14-10-18-16(12-20(14)22)9-17-13-21-15(11-19(17)18)6-8-23(21,3)4;1-2-8-6-4-3-5-7-8;1-6-3-4-7(2)5-6;;;/h5-7,10-13H,9H2,1-4H3;3-7H,1H3;3-5H,1-2H3;2*1H;/q-1;;-1;;;+2/p-2. The van der Waals surface area contributed by atoms with Crippen molar-refractivity contribution in [3.63, 3.8) is 0 Å². The second-order valence-corrected chi connectivity index (χ2v) is 14.1. The SMILES string of the molecule is CC1(C)[C-]=Cc2cc3c(cc21)Cc1cc2c(cc1-3)C=CC2(C)C.C[C](=[Zr+2])c1ccccc1.Cc1c[cH-]c(C)c1.[Cl-].[Cl-]. The average Bonchev–Trinajstić information content (AvgIpc) is 3.62. The zero-order chi connectivity index (χ0) is 27.9. The van der Waals surface area contributed by atoms with E-state index in [0.717, 1.165) is 6.42 Å². The third kappa shape index (κ3) is 7.08. The van der Waals surface area contributed by atoms with Crippen LogP contribution in [-0.2, 0) is 41.5 Å². The molecule has 3 aliphatic carbocycles. The molecule has 0 amide bonds. The minimum absolute atomic E-state index is 0. The van der Waals surface area contributed by atoms with Crippen molar-refractivity contribution in [3.8, 4) is 11.1 Å². The summed E-state index contributed by atoms with van der Waals surface area (Å²) in [7, 11) is 0. The maximum Gasteiger partial charge on any atom is -0.0635 e. The maximum absolute atomic E-state index is 3.50. The molecule has 0 bridgehead atoms. The van der Waals surface area contributed by atoms with Crippen molar-refractivity contribution in [2.45, 2.75) is 65.7 Å². The van der Waals surface area contributed by atoms with E-state index in [1.165, 1.54) is 88.6 Å². The minimum atomic E-state index is 0. The van der Waals surface area contributed by atoms with Crippen LogP contribution < -0.4 is 24.8 Å². The summed E-state index contributed by atoms with van der Waals surface area (Å²) in [6.45, 7) is 15.5. The van der Waals surface area contributed by atoms with Gasteiger partial charge in [-0.3, -0.25) is 6.08 Å². The molecule has 3 aliphatic rings. The van der Waals surface area contributed by atoms with Crippen LogP contribution in [0.2, 0.25) is 0 Å². The summed E-state index contributed by atoms with van der Waals surface area (Å²) < 4.78 is 1.46. The molecule has 0 saturated carbocycles. The van der Waals surface area contributed by atoms with Crippen molar-refractivity contribution in [1.29, 1.82) is 0 Å². The molecule has 0 spiro atoms. The molecule has 0 heterocycles. The summed E-state index contributed by atoms with van der Waals surface area (Å²) in [4.78, 5) is 0. The summed E-state index contributed by atoms with van der Waals surface area (Å²) in [5, 5.41) is 0. The molecular weight excluding hydrogens is 619 g/mol. The van der Waals surface area contributed by atoms with Crippen molar-refractivity contribution in [3.05, 3.63) is 135 Å². The minimum Gasteiger partial charge on any atom is -1.00 e. The van der Waals surface area contributed by atoms with E-state index in [-0.39, 0.29) is 35.6 Å². The van der Waals surface area contributed by atoms with Gasteiger partial charge in [-0.2, -0.15) is 23.3 Å². The number of hydrogen-bond donors (Lipinski definition) is 0. The van der Waals surface area contributed by atoms with Crippen LogP contribution in [0, 0.1) is 19.9 Å². The molecular formula is C38H38Cl2Zr-2. The molecule has 0 fully saturated rings. The normalized spacial score (nSPS) is 15.0. The van der Waals surface area contributed by atoms with E-state index < -0.39 is 0 Å². The van der Waals surface area contributed by atoms with Gasteiger partial charge >= 0.3 is 70.3 Å². The molecule has 0 aliphatic heterocycles. The van der Waals surface area contributed by atoms with Crippen molar-refractivity contribution in [1.82, 2.24) is 0 Å². The topological polar surface area (TPSA) is 0 Å². The molecule has 0 N–H and O–H groups in total. The Morgan fingerprint density at radius 3 is 1.95 bits per heavy atom. The Balaban J connectivity index is 0.000000214. The third-order valence-electron chi connectivity index (χ3n) is 8.13. The quantitative estimate of drug-likeness (QED) is 0.243. The van der Waals surface area contributed by atoms with Crippen LogP contribution in [0.5, 0.6) is 0 Å². The van der Waals surface area contributed by atoms with Gasteiger partial charge in [0.1, 0.15) is 0 Å². The van der Waals surface area contributed by atoms with Gasteiger partial charge in [-0.1, -0.05) is 71.2 Å². The monoisotopic (exact) mass is 654 g/mol. The van der Waals surface area contributed by atoms with Gasteiger partial charge in [-0.25, -0.2) is 17.7 Å². The van der Waals surface area contributed by atoms with E-state index in [2.05, 4.69) is 140 Å². The van der Waals surface area contributed by atoms with Crippen molar-refractivity contribution in [2.24, 2.45) is 0 Å². The first-order chi connectivity index (χ1) is 18.4. The van der Waals surface area contributed by atoms with E-state index in [0.29, 0.717) is 0 Å². The largest absolute Gasteiger partial charge is 1.00 e. The van der Waals surface area contributed by atoms with E-state index in [1.807, 2.05) is 6.07 Å². The van der Waals surface area contributed by atoms with Gasteiger partial charge in [0, 0.05) is 5.41 Å². The number of fused-ring (bicyclic) bond motifs is 5. The van der Waals surface area contributed by atoms with Gasteiger partial charge in [0.25, 0.3) is 0 Å². The number of hydrogen-bond acceptors (Lipinski definition) is 0. The van der Waals surface area contributed by atoms with Gasteiger partial charge in [-0.05, 0) is 45.9 Å². The van der Waals surface area contributed by atoms with Crippen LogP contribution in [0.4, 0.5) is 0 Å². The summed E-state index contributed by atoms with van der Waals surface area (Å²) in [6.07, 6.45) is 11.4. The van der Waals surface area contributed by atoms with Crippen LogP contribution in [0.1, 0.15) is 84.7 Å². The Labute approximate surface area is 274 Å². The second kappa shape index (κ2) is 13.0. The molecule has 3 heteroatoms. The molecule has 7 rings (SSSR count). The first-order valence-corrected chi connectivity index (χ1v) is 15.1. The second-order valence-electron chi connectivity index (χ2n) is 12.3. The van der Waals surface area contributed by atoms with Gasteiger partial charge in [0.15, 0.2) is 0 Å². The molecule has 0 atom stereocenters. The summed E-state index contributed by atoms with van der Waals surface area (Å²) in [5.74, 6) is 0. The summed E-state index contributed by atoms with van der Waals surface area (Å²) in [6, 6.07) is 26.5. The Bertz CT molecular complexity index is 1520. The fourth-order valence-corrected chi connectivity index (χ4v) is 6.22. The molecule has 0 nitrogen and oxygen atoms in total. The third-order valence-corrected chi connectivity index (χ3v) is 8.84. The average molecular weight is 657 g/mol. The van der Waals surface area contributed by atoms with Crippen LogP contribution in [0.3, 0.4) is 0 Å². The number of aryl methyl sites for hydroxylation is 2. The maximum atomic E-state index is 3.50. The molecule has 0 saturated heterocycles. The van der Waals surface area contributed by atoms with Crippen LogP contribution in [0.15, 0.2) is 78.9 Å². The fraction of sp³-hybridized carbons (Fsp3) is 0.263. The van der Waals surface area contributed by atoms with Gasteiger partial charge in [0.05, 0.1) is 0 Å². The first kappa shape index (κ1) is 33.3. The summed E-state index contributed by atoms with van der Waals surface area (Å²) in [5.41, 5.74) is 15.8. The number of halogens is 2. The zero-order valence-corrected chi connectivity index (χ0v) is 29.1. The van der Waals surface area contributed by atoms with Crippen LogP contribution in [-0.4, -0.2) is 3.21 Å². The molecule has 0 unspecified atom stereocenters. The number of allylic oxidation sites excluding steroid dienone is 2. The van der Waals surface area contributed by atoms with E-state index in [9.17, 15) is 0 Å². The predicted octanol–water partition coefficient (Wildman–Crippen LogP) is 3.47. The van der Waals surface area contributed by atoms with Gasteiger partial charge in [0.2, 0.25) is 0 Å². The smallest absolute Gasteiger partial charge is 0.0635 e. The molecule has 4 aromatic rings. The zero-order valence-electron chi connectivity index (χ0n) is 25.1. The molecule has 0 radical (unpaired) electrons. The van der Waals surface area contributed by atoms with E-state index in [4.69, 9.17) is 0 Å². The predicted molar refractivity (Wildman–Crippen MR) is 165 cm³/mol. The number of benzene rings is 3. The Kier molecular flexibility index (Phi) is 10.6. The Morgan fingerprint density at radius 1 is 0.829 bits per heavy atom. The molecule has 210 valence electrons. The van der Waals surface area contributed by atoms with Gasteiger partial charge in [-0.15, -0.1) is 11.6 Å². The Hall–Kier alpha value is -2.18. The fourth-order valence-electron chi connectivity index (χ4n) is 5.81. The Morgan fingerprint density at radius 2 is 1.44 bits per heavy atom. The van der Waals surface area contributed by atoms with E-state index >= 15 is 0 Å². The summed E-state index contributed by atoms with van der Waals surface area (Å²) >= 11 is 1.51. The first-order valence-electron chi connectivity index (χ1n) is 13.9. The number of rotatable bonds is 1. The van der Waals surface area contributed by atoms with Gasteiger partial charge < -0.3 is 24.8 Å². The van der Waals surface area contributed by atoms with Crippen LogP contribution >= 0.6 is 0 Å². The molecule has 4 aromatic carbocycles. The molecule has 0 aromatic heterocycles. The van der Waals surface area contributed by atoms with Crippen molar-refractivity contribution < 1.29 is 49.0 Å². The van der Waals surface area contributed by atoms with Crippen LogP contribution in [0.25, 0.3) is 23.3 Å². The molecule has 41 heavy (non-hydrogen) atoms.